The molecular weight excluding hydrogens is 178 g/mol. The molecule has 0 unspecified atom stereocenters. The van der Waals surface area contributed by atoms with Gasteiger partial charge in [0.2, 0.25) is 5.91 Å². The van der Waals surface area contributed by atoms with Gasteiger partial charge in [0.25, 0.3) is 0 Å². The molecule has 1 N–H and O–H groups in total. The third-order valence-corrected chi connectivity index (χ3v) is 2.09. The van der Waals surface area contributed by atoms with Gasteiger partial charge in [0.05, 0.1) is 5.60 Å². The van der Waals surface area contributed by atoms with E-state index in [1.54, 1.807) is 0 Å². The molecule has 0 saturated carbocycles. The molecule has 0 heterocycles. The number of unbranched alkanes of at least 4 members (excludes halogenated alkanes) is 1. The summed E-state index contributed by atoms with van der Waals surface area (Å²) in [5, 5.41) is 2.77. The summed E-state index contributed by atoms with van der Waals surface area (Å²) in [4.78, 5) is 10.6. The van der Waals surface area contributed by atoms with Crippen LogP contribution in [0.4, 0.5) is 0 Å². The van der Waals surface area contributed by atoms with Gasteiger partial charge in [0, 0.05) is 20.1 Å². The van der Waals surface area contributed by atoms with Gasteiger partial charge in [-0.2, -0.15) is 0 Å². The maximum atomic E-state index is 10.6. The van der Waals surface area contributed by atoms with E-state index in [-0.39, 0.29) is 11.5 Å². The Bertz CT molecular complexity index is 167. The first-order chi connectivity index (χ1) is 6.48. The van der Waals surface area contributed by atoms with Gasteiger partial charge in [0.15, 0.2) is 0 Å². The predicted octanol–water partition coefficient (Wildman–Crippen LogP) is 2.11. The van der Waals surface area contributed by atoms with Gasteiger partial charge in [0.1, 0.15) is 0 Å². The van der Waals surface area contributed by atoms with E-state index in [9.17, 15) is 4.79 Å². The number of ether oxygens (including phenoxy) is 1. The highest BCUT2D eigenvalue weighted by molar-refractivity contribution is 5.72. The average Bonchev–Trinajstić information content (AvgIpc) is 2.03. The van der Waals surface area contributed by atoms with Crippen molar-refractivity contribution >= 4 is 5.91 Å². The van der Waals surface area contributed by atoms with Gasteiger partial charge in [-0.1, -0.05) is 13.3 Å². The predicted molar refractivity (Wildman–Crippen MR) is 58.2 cm³/mol. The van der Waals surface area contributed by atoms with Gasteiger partial charge in [-0.05, 0) is 26.7 Å². The molecule has 0 atom stereocenters. The SMILES string of the molecule is CCCCOC(C)(C)CCNC(C)=O. The van der Waals surface area contributed by atoms with Crippen molar-refractivity contribution in [3.8, 4) is 0 Å². The number of hydrogen-bond donors (Lipinski definition) is 1. The lowest BCUT2D eigenvalue weighted by molar-refractivity contribution is -0.119. The lowest BCUT2D eigenvalue weighted by atomic mass is 10.1. The molecule has 0 aliphatic carbocycles. The van der Waals surface area contributed by atoms with E-state index in [1.165, 1.54) is 6.92 Å². The van der Waals surface area contributed by atoms with Gasteiger partial charge in [-0.15, -0.1) is 0 Å². The fourth-order valence-electron chi connectivity index (χ4n) is 1.10. The largest absolute Gasteiger partial charge is 0.376 e. The Morgan fingerprint density at radius 2 is 2.07 bits per heavy atom. The van der Waals surface area contributed by atoms with Crippen LogP contribution in [-0.4, -0.2) is 24.7 Å². The fraction of sp³-hybridized carbons (Fsp3) is 0.909. The second kappa shape index (κ2) is 6.82. The van der Waals surface area contributed by atoms with Gasteiger partial charge < -0.3 is 10.1 Å². The van der Waals surface area contributed by atoms with Crippen LogP contribution in [0.5, 0.6) is 0 Å². The maximum Gasteiger partial charge on any atom is 0.216 e. The molecule has 0 fully saturated rings. The molecule has 0 aromatic heterocycles. The number of rotatable bonds is 7. The van der Waals surface area contributed by atoms with Crippen LogP contribution in [0.15, 0.2) is 0 Å². The summed E-state index contributed by atoms with van der Waals surface area (Å²) in [5.74, 6) is 0.0226. The number of carbonyl (C=O) groups excluding carboxylic acids is 1. The van der Waals surface area contributed by atoms with Gasteiger partial charge >= 0.3 is 0 Å². The minimum absolute atomic E-state index is 0.0226. The first-order valence-electron chi connectivity index (χ1n) is 5.36. The van der Waals surface area contributed by atoms with Crippen molar-refractivity contribution in [2.45, 2.75) is 52.6 Å². The number of hydrogen-bond acceptors (Lipinski definition) is 2. The zero-order valence-electron chi connectivity index (χ0n) is 9.85. The fourth-order valence-corrected chi connectivity index (χ4v) is 1.10. The molecule has 14 heavy (non-hydrogen) atoms. The van der Waals surface area contributed by atoms with E-state index >= 15 is 0 Å². The normalized spacial score (nSPS) is 11.4. The van der Waals surface area contributed by atoms with Crippen molar-refractivity contribution < 1.29 is 9.53 Å². The Morgan fingerprint density at radius 1 is 1.43 bits per heavy atom. The van der Waals surface area contributed by atoms with Crippen molar-refractivity contribution in [2.75, 3.05) is 13.2 Å². The molecule has 0 radical (unpaired) electrons. The lowest BCUT2D eigenvalue weighted by Gasteiger charge is -2.25. The summed E-state index contributed by atoms with van der Waals surface area (Å²) in [6.07, 6.45) is 3.11. The standard InChI is InChI=1S/C11H23NO2/c1-5-6-9-14-11(3,4)7-8-12-10(2)13/h5-9H2,1-4H3,(H,12,13). The highest BCUT2D eigenvalue weighted by atomic mass is 16.5. The minimum atomic E-state index is -0.127. The van der Waals surface area contributed by atoms with Crippen molar-refractivity contribution in [2.24, 2.45) is 0 Å². The van der Waals surface area contributed by atoms with Gasteiger partial charge in [-0.3, -0.25) is 4.79 Å². The summed E-state index contributed by atoms with van der Waals surface area (Å²) in [7, 11) is 0. The molecule has 0 bridgehead atoms. The summed E-state index contributed by atoms with van der Waals surface area (Å²) < 4.78 is 5.70. The van der Waals surface area contributed by atoms with Crippen LogP contribution in [0.25, 0.3) is 0 Å². The van der Waals surface area contributed by atoms with Crippen LogP contribution < -0.4 is 5.32 Å². The summed E-state index contributed by atoms with van der Waals surface area (Å²) in [6, 6.07) is 0. The van der Waals surface area contributed by atoms with Crippen LogP contribution in [-0.2, 0) is 9.53 Å². The molecule has 0 aromatic rings. The Labute approximate surface area is 87.2 Å². The molecule has 3 heteroatoms. The molecule has 3 nitrogen and oxygen atoms in total. The van der Waals surface area contributed by atoms with Crippen LogP contribution in [0, 0.1) is 0 Å². The van der Waals surface area contributed by atoms with E-state index < -0.39 is 0 Å². The quantitative estimate of drug-likeness (QED) is 0.641. The summed E-state index contributed by atoms with van der Waals surface area (Å²) in [5.41, 5.74) is -0.127. The molecular formula is C11H23NO2. The van der Waals surface area contributed by atoms with Crippen molar-refractivity contribution in [3.05, 3.63) is 0 Å². The van der Waals surface area contributed by atoms with Crippen LogP contribution in [0.2, 0.25) is 0 Å². The Kier molecular flexibility index (Phi) is 6.54. The topological polar surface area (TPSA) is 38.3 Å². The molecule has 0 aromatic carbocycles. The maximum absolute atomic E-state index is 10.6. The molecule has 0 spiro atoms. The monoisotopic (exact) mass is 201 g/mol. The van der Waals surface area contributed by atoms with E-state index in [2.05, 4.69) is 26.1 Å². The highest BCUT2D eigenvalue weighted by Crippen LogP contribution is 2.14. The first kappa shape index (κ1) is 13.4. The van der Waals surface area contributed by atoms with Gasteiger partial charge in [-0.25, -0.2) is 0 Å². The van der Waals surface area contributed by atoms with Crippen LogP contribution in [0.1, 0.15) is 47.0 Å². The third-order valence-electron chi connectivity index (χ3n) is 2.09. The molecule has 0 rings (SSSR count). The summed E-state index contributed by atoms with van der Waals surface area (Å²) >= 11 is 0. The lowest BCUT2D eigenvalue weighted by Crippen LogP contribution is -2.32. The Morgan fingerprint density at radius 3 is 2.57 bits per heavy atom. The Hall–Kier alpha value is -0.570. The first-order valence-corrected chi connectivity index (χ1v) is 5.36. The van der Waals surface area contributed by atoms with E-state index in [0.29, 0.717) is 6.54 Å². The van der Waals surface area contributed by atoms with Crippen molar-refractivity contribution in [3.63, 3.8) is 0 Å². The molecule has 0 aliphatic rings. The average molecular weight is 201 g/mol. The second-order valence-corrected chi connectivity index (χ2v) is 4.19. The van der Waals surface area contributed by atoms with Crippen LogP contribution >= 0.6 is 0 Å². The minimum Gasteiger partial charge on any atom is -0.376 e. The Balaban J connectivity index is 3.55. The van der Waals surface area contributed by atoms with Crippen molar-refractivity contribution in [1.82, 2.24) is 5.32 Å². The van der Waals surface area contributed by atoms with E-state index in [0.717, 1.165) is 25.9 Å². The number of nitrogens with one attached hydrogen (secondary N) is 1. The number of carbonyl (C=O) groups is 1. The van der Waals surface area contributed by atoms with Crippen molar-refractivity contribution in [1.29, 1.82) is 0 Å². The zero-order chi connectivity index (χ0) is 11.0. The molecule has 84 valence electrons. The van der Waals surface area contributed by atoms with E-state index in [4.69, 9.17) is 4.74 Å². The smallest absolute Gasteiger partial charge is 0.216 e. The molecule has 0 aliphatic heterocycles. The van der Waals surface area contributed by atoms with Crippen LogP contribution in [0.3, 0.4) is 0 Å². The molecule has 1 amide bonds. The molecule has 0 saturated heterocycles. The summed E-state index contributed by atoms with van der Waals surface area (Å²) in [6.45, 7) is 9.30. The zero-order valence-corrected chi connectivity index (χ0v) is 9.85. The third kappa shape index (κ3) is 8.05. The van der Waals surface area contributed by atoms with E-state index in [1.807, 2.05) is 0 Å². The highest BCUT2D eigenvalue weighted by Gasteiger charge is 2.17. The second-order valence-electron chi connectivity index (χ2n) is 4.19. The number of amides is 1.